The van der Waals surface area contributed by atoms with Gasteiger partial charge in [-0.15, -0.1) is 0 Å². The minimum atomic E-state index is -1.41. The zero-order chi connectivity index (χ0) is 13.5. The highest BCUT2D eigenvalue weighted by atomic mass is 16.5. The molecule has 0 aromatic heterocycles. The van der Waals surface area contributed by atoms with Crippen LogP contribution in [0.5, 0.6) is 0 Å². The maximum Gasteiger partial charge on any atom is 0.330 e. The molecule has 7 nitrogen and oxygen atoms in total. The molecule has 0 aromatic carbocycles. The smallest absolute Gasteiger partial charge is 0.330 e. The molecule has 0 rings (SSSR count). The third kappa shape index (κ3) is 4.86. The molecule has 2 N–H and O–H groups in total. The lowest BCUT2D eigenvalue weighted by molar-refractivity contribution is -0.137. The number of ether oxygens (including phenoxy) is 1. The molecule has 17 heavy (non-hydrogen) atoms. The van der Waals surface area contributed by atoms with Gasteiger partial charge < -0.3 is 14.9 Å². The lowest BCUT2D eigenvalue weighted by Gasteiger charge is -2.28. The highest BCUT2D eigenvalue weighted by Gasteiger charge is 2.33. The van der Waals surface area contributed by atoms with Crippen molar-refractivity contribution in [3.63, 3.8) is 0 Å². The van der Waals surface area contributed by atoms with Gasteiger partial charge in [-0.25, -0.2) is 4.79 Å². The zero-order valence-corrected chi connectivity index (χ0v) is 10.1. The van der Waals surface area contributed by atoms with Crippen molar-refractivity contribution in [3.05, 3.63) is 22.6 Å². The molecule has 0 saturated heterocycles. The Bertz CT molecular complexity index is 336. The first-order chi connectivity index (χ1) is 7.87. The molecule has 0 aliphatic rings. The molecule has 0 aliphatic heterocycles. The number of nitrogens with zero attached hydrogens (tertiary/aromatic N) is 3. The number of esters is 1. The molecule has 0 aliphatic carbocycles. The molecular weight excluding hydrogens is 226 g/mol. The maximum atomic E-state index is 11.1. The largest absolute Gasteiger partial charge is 0.463 e. The predicted octanol–water partition coefficient (Wildman–Crippen LogP) is 0.916. The highest BCUT2D eigenvalue weighted by Crippen LogP contribution is 2.21. The summed E-state index contributed by atoms with van der Waals surface area (Å²) in [6.45, 7) is 4.64. The van der Waals surface area contributed by atoms with Gasteiger partial charge in [0.15, 0.2) is 0 Å². The molecule has 0 aromatic rings. The van der Waals surface area contributed by atoms with Crippen molar-refractivity contribution in [1.82, 2.24) is 0 Å². The van der Waals surface area contributed by atoms with Crippen molar-refractivity contribution in [2.75, 3.05) is 6.61 Å². The zero-order valence-electron chi connectivity index (χ0n) is 10.1. The van der Waals surface area contributed by atoms with Crippen LogP contribution < -0.4 is 0 Å². The molecule has 0 fully saturated rings. The van der Waals surface area contributed by atoms with Crippen molar-refractivity contribution in [1.29, 1.82) is 0 Å². The van der Waals surface area contributed by atoms with E-state index in [0.29, 0.717) is 0 Å². The number of hydrogen-bond donors (Lipinski definition) is 2. The van der Waals surface area contributed by atoms with Gasteiger partial charge >= 0.3 is 5.97 Å². The van der Waals surface area contributed by atoms with Gasteiger partial charge in [-0.2, -0.15) is 0 Å². The molecule has 0 amide bonds. The van der Waals surface area contributed by atoms with Crippen LogP contribution >= 0.6 is 0 Å². The Morgan fingerprint density at radius 2 is 2.24 bits per heavy atom. The number of rotatable bonds is 6. The lowest BCUT2D eigenvalue weighted by atomic mass is 9.92. The summed E-state index contributed by atoms with van der Waals surface area (Å²) in [6, 6.07) is 0. The molecule has 0 spiro atoms. The first-order valence-corrected chi connectivity index (χ1v) is 5.15. The summed E-state index contributed by atoms with van der Waals surface area (Å²) in [7, 11) is 0. The number of azide groups is 1. The van der Waals surface area contributed by atoms with E-state index in [0.717, 1.165) is 6.08 Å². The number of carbonyl (C=O) groups is 1. The maximum absolute atomic E-state index is 11.1. The van der Waals surface area contributed by atoms with Crippen LogP contribution in [0.3, 0.4) is 0 Å². The molecule has 0 bridgehead atoms. The normalized spacial score (nSPS) is 17.9. The van der Waals surface area contributed by atoms with Gasteiger partial charge in [0.05, 0.1) is 24.4 Å². The minimum absolute atomic E-state index is 0.223. The van der Waals surface area contributed by atoms with Gasteiger partial charge in [0.1, 0.15) is 0 Å². The number of hydrogen-bond acceptors (Lipinski definition) is 5. The first kappa shape index (κ1) is 15.4. The second kappa shape index (κ2) is 6.90. The quantitative estimate of drug-likeness (QED) is 0.237. The van der Waals surface area contributed by atoms with E-state index in [4.69, 9.17) is 5.53 Å². The third-order valence-electron chi connectivity index (χ3n) is 2.16. The van der Waals surface area contributed by atoms with Crippen LogP contribution in [0.15, 0.2) is 17.3 Å². The summed E-state index contributed by atoms with van der Waals surface area (Å²) in [5, 5.41) is 22.4. The number of carbonyl (C=O) groups excluding carboxylic acids is 1. The molecule has 7 heteroatoms. The lowest BCUT2D eigenvalue weighted by Crippen LogP contribution is -2.42. The van der Waals surface area contributed by atoms with Gasteiger partial charge in [0.25, 0.3) is 0 Å². The minimum Gasteiger partial charge on any atom is -0.463 e. The molecule has 96 valence electrons. The van der Waals surface area contributed by atoms with E-state index in [2.05, 4.69) is 14.8 Å². The monoisotopic (exact) mass is 243 g/mol. The van der Waals surface area contributed by atoms with Gasteiger partial charge in [0, 0.05) is 11.0 Å². The van der Waals surface area contributed by atoms with Gasteiger partial charge in [-0.05, 0) is 26.3 Å². The number of aliphatic hydroxyl groups excluding tert-OH is 2. The molecule has 0 radical (unpaired) electrons. The molecule has 0 heterocycles. The van der Waals surface area contributed by atoms with E-state index in [1.165, 1.54) is 19.9 Å². The van der Waals surface area contributed by atoms with E-state index >= 15 is 0 Å². The SMILES string of the molecule is CCOC(=O)/C=C\[C@](C)(N=[N+]=[N-])[C@H](O)[C@H](C)O. The van der Waals surface area contributed by atoms with Crippen LogP contribution in [0.1, 0.15) is 20.8 Å². The van der Waals surface area contributed by atoms with Crippen molar-refractivity contribution >= 4 is 5.97 Å². The molecule has 0 unspecified atom stereocenters. The summed E-state index contributed by atoms with van der Waals surface area (Å²) in [6.07, 6.45) is -0.146. The van der Waals surface area contributed by atoms with Crippen molar-refractivity contribution in [2.45, 2.75) is 38.5 Å². The fourth-order valence-electron chi connectivity index (χ4n) is 1.20. The van der Waals surface area contributed by atoms with Crippen LogP contribution in [0.25, 0.3) is 10.4 Å². The Morgan fingerprint density at radius 3 is 2.65 bits per heavy atom. The Labute approximate surface area is 99.3 Å². The summed E-state index contributed by atoms with van der Waals surface area (Å²) in [5.41, 5.74) is 7.01. The Balaban J connectivity index is 4.97. The van der Waals surface area contributed by atoms with Crippen LogP contribution in [0.4, 0.5) is 0 Å². The molecule has 0 saturated carbocycles. The molecule has 3 atom stereocenters. The van der Waals surface area contributed by atoms with Crippen LogP contribution in [-0.4, -0.2) is 40.5 Å². The van der Waals surface area contributed by atoms with Gasteiger partial charge in [0.2, 0.25) is 0 Å². The average Bonchev–Trinajstić information content (AvgIpc) is 2.26. The Hall–Kier alpha value is -1.56. The summed E-state index contributed by atoms with van der Waals surface area (Å²) in [4.78, 5) is 13.7. The standard InChI is InChI=1S/C10H17N3O4/c1-4-17-8(15)5-6-10(3,12-13-11)9(16)7(2)14/h5-7,9,14,16H,4H2,1-3H3/b6-5-/t7-,9+,10-/m0/s1. The van der Waals surface area contributed by atoms with Gasteiger partial charge in [-0.1, -0.05) is 11.2 Å². The van der Waals surface area contributed by atoms with Gasteiger partial charge in [-0.3, -0.25) is 0 Å². The van der Waals surface area contributed by atoms with Crippen LogP contribution in [-0.2, 0) is 9.53 Å². The Morgan fingerprint density at radius 1 is 1.65 bits per heavy atom. The van der Waals surface area contributed by atoms with E-state index in [1.54, 1.807) is 6.92 Å². The third-order valence-corrected chi connectivity index (χ3v) is 2.16. The Kier molecular flexibility index (Phi) is 6.27. The topological polar surface area (TPSA) is 116 Å². The second-order valence-corrected chi connectivity index (χ2v) is 3.69. The van der Waals surface area contributed by atoms with Crippen molar-refractivity contribution < 1.29 is 19.7 Å². The van der Waals surface area contributed by atoms with E-state index in [9.17, 15) is 15.0 Å². The summed E-state index contributed by atoms with van der Waals surface area (Å²) >= 11 is 0. The second-order valence-electron chi connectivity index (χ2n) is 3.69. The van der Waals surface area contributed by atoms with E-state index in [-0.39, 0.29) is 6.61 Å². The summed E-state index contributed by atoms with van der Waals surface area (Å²) < 4.78 is 4.65. The first-order valence-electron chi connectivity index (χ1n) is 5.15. The number of aliphatic hydroxyl groups is 2. The fourth-order valence-corrected chi connectivity index (χ4v) is 1.20. The highest BCUT2D eigenvalue weighted by molar-refractivity contribution is 5.82. The molecular formula is C10H17N3O4. The van der Waals surface area contributed by atoms with Crippen molar-refractivity contribution in [2.24, 2.45) is 5.11 Å². The predicted molar refractivity (Wildman–Crippen MR) is 61.0 cm³/mol. The van der Waals surface area contributed by atoms with Crippen LogP contribution in [0, 0.1) is 0 Å². The van der Waals surface area contributed by atoms with E-state index in [1.807, 2.05) is 0 Å². The fraction of sp³-hybridized carbons (Fsp3) is 0.700. The summed E-state index contributed by atoms with van der Waals surface area (Å²) in [5.74, 6) is -0.607. The van der Waals surface area contributed by atoms with Crippen LogP contribution in [0.2, 0.25) is 0 Å². The average molecular weight is 243 g/mol. The van der Waals surface area contributed by atoms with E-state index < -0.39 is 23.7 Å². The van der Waals surface area contributed by atoms with Crippen molar-refractivity contribution in [3.8, 4) is 0 Å².